The molecule has 1 aliphatic heterocycles. The number of aromatic nitrogens is 1. The van der Waals surface area contributed by atoms with Crippen LogP contribution in [0.5, 0.6) is 0 Å². The van der Waals surface area contributed by atoms with Gasteiger partial charge in [-0.05, 0) is 24.6 Å². The summed E-state index contributed by atoms with van der Waals surface area (Å²) in [7, 11) is 0. The summed E-state index contributed by atoms with van der Waals surface area (Å²) in [4.78, 5) is 13.3. The van der Waals surface area contributed by atoms with Crippen LogP contribution in [0.3, 0.4) is 0 Å². The molecule has 2 N–H and O–H groups in total. The highest BCUT2D eigenvalue weighted by molar-refractivity contribution is 5.22. The number of rotatable bonds is 0. The van der Waals surface area contributed by atoms with Crippen molar-refractivity contribution in [3.63, 3.8) is 0 Å². The molecule has 2 rings (SSSR count). The van der Waals surface area contributed by atoms with Gasteiger partial charge in [-0.1, -0.05) is 0 Å². The number of nitrogens with one attached hydrogen (secondary N) is 2. The van der Waals surface area contributed by atoms with E-state index in [1.165, 1.54) is 6.07 Å². The molecule has 0 saturated carbocycles. The molecule has 12 heavy (non-hydrogen) atoms. The van der Waals surface area contributed by atoms with E-state index < -0.39 is 11.4 Å². The molecule has 0 fully saturated rings. The van der Waals surface area contributed by atoms with E-state index in [9.17, 15) is 9.18 Å². The largest absolute Gasteiger partial charge is 0.322 e. The SMILES string of the molecule is O=c1[nH]c2c(cc1F)CCNC2. The van der Waals surface area contributed by atoms with Crippen LogP contribution in [-0.2, 0) is 13.0 Å². The molecule has 0 spiro atoms. The second-order valence-corrected chi connectivity index (χ2v) is 2.88. The van der Waals surface area contributed by atoms with Gasteiger partial charge in [-0.3, -0.25) is 4.79 Å². The number of hydrogen-bond acceptors (Lipinski definition) is 2. The molecule has 0 amide bonds. The minimum Gasteiger partial charge on any atom is -0.322 e. The molecule has 0 atom stereocenters. The second kappa shape index (κ2) is 2.71. The molecule has 1 aromatic heterocycles. The summed E-state index contributed by atoms with van der Waals surface area (Å²) in [5.74, 6) is -0.685. The maximum atomic E-state index is 12.7. The normalized spacial score (nSPS) is 15.8. The predicted octanol–water partition coefficient (Wildman–Crippen LogP) is 0.160. The van der Waals surface area contributed by atoms with Crippen LogP contribution < -0.4 is 10.9 Å². The zero-order chi connectivity index (χ0) is 8.55. The second-order valence-electron chi connectivity index (χ2n) is 2.88. The van der Waals surface area contributed by atoms with Crippen molar-refractivity contribution in [2.75, 3.05) is 6.54 Å². The number of aromatic amines is 1. The molecule has 2 heterocycles. The molecule has 0 saturated heterocycles. The van der Waals surface area contributed by atoms with Crippen molar-refractivity contribution in [2.45, 2.75) is 13.0 Å². The fourth-order valence-corrected chi connectivity index (χ4v) is 1.40. The van der Waals surface area contributed by atoms with Gasteiger partial charge in [-0.2, -0.15) is 0 Å². The fraction of sp³-hybridized carbons (Fsp3) is 0.375. The lowest BCUT2D eigenvalue weighted by Crippen LogP contribution is -2.28. The summed E-state index contributed by atoms with van der Waals surface area (Å²) in [5.41, 5.74) is 1.09. The maximum absolute atomic E-state index is 12.7. The molecule has 0 radical (unpaired) electrons. The van der Waals surface area contributed by atoms with Crippen molar-refractivity contribution in [1.29, 1.82) is 0 Å². The first-order valence-corrected chi connectivity index (χ1v) is 3.88. The zero-order valence-electron chi connectivity index (χ0n) is 6.48. The zero-order valence-corrected chi connectivity index (χ0v) is 6.48. The van der Waals surface area contributed by atoms with Crippen molar-refractivity contribution < 1.29 is 4.39 Å². The first-order valence-electron chi connectivity index (χ1n) is 3.88. The van der Waals surface area contributed by atoms with E-state index in [1.54, 1.807) is 0 Å². The Morgan fingerprint density at radius 2 is 2.33 bits per heavy atom. The molecule has 1 aliphatic rings. The summed E-state index contributed by atoms with van der Waals surface area (Å²) in [5, 5.41) is 3.10. The third-order valence-electron chi connectivity index (χ3n) is 2.04. The maximum Gasteiger partial charge on any atom is 0.284 e. The molecular formula is C8H9FN2O. The van der Waals surface area contributed by atoms with Crippen molar-refractivity contribution >= 4 is 0 Å². The lowest BCUT2D eigenvalue weighted by molar-refractivity contribution is 0.577. The minimum absolute atomic E-state index is 0.627. The Bertz CT molecular complexity index is 359. The van der Waals surface area contributed by atoms with Gasteiger partial charge in [-0.25, -0.2) is 4.39 Å². The number of halogens is 1. The standard InChI is InChI=1S/C8H9FN2O/c9-6-3-5-1-2-10-4-7(5)11-8(6)12/h3,10H,1-2,4H2,(H,11,12). The Balaban J connectivity index is 2.56. The van der Waals surface area contributed by atoms with Crippen LogP contribution in [0.2, 0.25) is 0 Å². The van der Waals surface area contributed by atoms with Crippen LogP contribution in [-0.4, -0.2) is 11.5 Å². The molecule has 64 valence electrons. The molecule has 0 aliphatic carbocycles. The van der Waals surface area contributed by atoms with Gasteiger partial charge in [0, 0.05) is 12.2 Å². The van der Waals surface area contributed by atoms with E-state index in [2.05, 4.69) is 10.3 Å². The van der Waals surface area contributed by atoms with Gasteiger partial charge < -0.3 is 10.3 Å². The molecule has 0 bridgehead atoms. The van der Waals surface area contributed by atoms with Gasteiger partial charge in [0.05, 0.1) is 0 Å². The third kappa shape index (κ3) is 1.14. The first-order chi connectivity index (χ1) is 5.77. The molecule has 0 unspecified atom stereocenters. The summed E-state index contributed by atoms with van der Waals surface area (Å²) in [6.45, 7) is 1.48. The molecule has 3 nitrogen and oxygen atoms in total. The predicted molar refractivity (Wildman–Crippen MR) is 42.4 cm³/mol. The van der Waals surface area contributed by atoms with Gasteiger partial charge in [-0.15, -0.1) is 0 Å². The topological polar surface area (TPSA) is 44.9 Å². The lowest BCUT2D eigenvalue weighted by Gasteiger charge is -2.15. The Kier molecular flexibility index (Phi) is 1.69. The molecule has 1 aromatic rings. The highest BCUT2D eigenvalue weighted by Crippen LogP contribution is 2.09. The Morgan fingerprint density at radius 1 is 1.50 bits per heavy atom. The minimum atomic E-state index is -0.685. The van der Waals surface area contributed by atoms with Crippen LogP contribution in [0.1, 0.15) is 11.3 Å². The van der Waals surface area contributed by atoms with Crippen LogP contribution in [0, 0.1) is 5.82 Å². The van der Waals surface area contributed by atoms with Crippen molar-refractivity contribution in [3.05, 3.63) is 33.5 Å². The Labute approximate surface area is 68.6 Å². The van der Waals surface area contributed by atoms with E-state index in [0.717, 1.165) is 24.2 Å². The molecular weight excluding hydrogens is 159 g/mol. The monoisotopic (exact) mass is 168 g/mol. The summed E-state index contributed by atoms with van der Waals surface area (Å²) in [6, 6.07) is 1.33. The first kappa shape index (κ1) is 7.49. The number of H-pyrrole nitrogens is 1. The quantitative estimate of drug-likeness (QED) is 0.579. The highest BCUT2D eigenvalue weighted by Gasteiger charge is 2.11. The van der Waals surface area contributed by atoms with E-state index in [4.69, 9.17) is 0 Å². The van der Waals surface area contributed by atoms with Crippen molar-refractivity contribution in [3.8, 4) is 0 Å². The van der Waals surface area contributed by atoms with E-state index in [-0.39, 0.29) is 0 Å². The molecule has 0 aromatic carbocycles. The van der Waals surface area contributed by atoms with Crippen LogP contribution in [0.15, 0.2) is 10.9 Å². The van der Waals surface area contributed by atoms with Crippen LogP contribution in [0.25, 0.3) is 0 Å². The highest BCUT2D eigenvalue weighted by atomic mass is 19.1. The van der Waals surface area contributed by atoms with Gasteiger partial charge >= 0.3 is 0 Å². The number of fused-ring (bicyclic) bond motifs is 1. The van der Waals surface area contributed by atoms with Crippen LogP contribution >= 0.6 is 0 Å². The third-order valence-corrected chi connectivity index (χ3v) is 2.04. The van der Waals surface area contributed by atoms with Gasteiger partial charge in [0.2, 0.25) is 0 Å². The van der Waals surface area contributed by atoms with E-state index in [1.807, 2.05) is 0 Å². The van der Waals surface area contributed by atoms with Crippen molar-refractivity contribution in [1.82, 2.24) is 10.3 Å². The summed E-state index contributed by atoms with van der Waals surface area (Å²) < 4.78 is 12.7. The van der Waals surface area contributed by atoms with Crippen LogP contribution in [0.4, 0.5) is 4.39 Å². The Morgan fingerprint density at radius 3 is 3.17 bits per heavy atom. The van der Waals surface area contributed by atoms with Gasteiger partial charge in [0.25, 0.3) is 5.56 Å². The summed E-state index contributed by atoms with van der Waals surface area (Å²) >= 11 is 0. The Hall–Kier alpha value is -1.16. The number of hydrogen-bond donors (Lipinski definition) is 2. The number of pyridine rings is 1. The van der Waals surface area contributed by atoms with E-state index >= 15 is 0 Å². The fourth-order valence-electron chi connectivity index (χ4n) is 1.40. The molecule has 4 heteroatoms. The van der Waals surface area contributed by atoms with E-state index in [0.29, 0.717) is 6.54 Å². The lowest BCUT2D eigenvalue weighted by atomic mass is 10.1. The van der Waals surface area contributed by atoms with Gasteiger partial charge in [0.15, 0.2) is 5.82 Å². The average Bonchev–Trinajstić information content (AvgIpc) is 2.07. The van der Waals surface area contributed by atoms with Gasteiger partial charge in [0.1, 0.15) is 0 Å². The van der Waals surface area contributed by atoms with Crippen molar-refractivity contribution in [2.24, 2.45) is 0 Å². The summed E-state index contributed by atoms with van der Waals surface area (Å²) in [6.07, 6.45) is 0.781. The average molecular weight is 168 g/mol. The smallest absolute Gasteiger partial charge is 0.284 e.